The topological polar surface area (TPSA) is 69.6 Å². The number of anilines is 1. The van der Waals surface area contributed by atoms with E-state index in [1.54, 1.807) is 6.07 Å². The molecule has 20 heavy (non-hydrogen) atoms. The lowest BCUT2D eigenvalue weighted by molar-refractivity contribution is -0.145. The van der Waals surface area contributed by atoms with Gasteiger partial charge in [-0.3, -0.25) is 0 Å². The number of benzene rings is 1. The second kappa shape index (κ2) is 5.94. The average Bonchev–Trinajstić information content (AvgIpc) is 2.37. The minimum atomic E-state index is -0.934. The number of likely N-dealkylation sites (tertiary alicyclic amines) is 1. The van der Waals surface area contributed by atoms with E-state index in [1.807, 2.05) is 32.0 Å². The number of aliphatic carboxylic acids is 1. The van der Waals surface area contributed by atoms with E-state index in [9.17, 15) is 14.7 Å². The summed E-state index contributed by atoms with van der Waals surface area (Å²) in [5.41, 5.74) is 1.74. The van der Waals surface area contributed by atoms with Crippen LogP contribution >= 0.6 is 0 Å². The van der Waals surface area contributed by atoms with Crippen molar-refractivity contribution in [1.82, 2.24) is 4.90 Å². The van der Waals surface area contributed by atoms with Crippen LogP contribution in [-0.4, -0.2) is 34.6 Å². The summed E-state index contributed by atoms with van der Waals surface area (Å²) in [7, 11) is 0. The maximum absolute atomic E-state index is 12.3. The molecule has 5 nitrogen and oxygen atoms in total. The number of hydrogen-bond donors (Lipinski definition) is 2. The highest BCUT2D eigenvalue weighted by molar-refractivity contribution is 5.92. The number of carboxylic acid groups (broad SMARTS) is 1. The Bertz CT molecular complexity index is 516. The molecule has 0 bridgehead atoms. The third kappa shape index (κ3) is 3.10. The summed E-state index contributed by atoms with van der Waals surface area (Å²) in [6, 6.07) is 6.38. The second-order valence-corrected chi connectivity index (χ2v) is 5.40. The molecule has 2 N–H and O–H groups in total. The SMILES string of the molecule is Cc1cccc(NC(=O)N2CCCC(C)C2C(=O)O)c1. The van der Waals surface area contributed by atoms with Crippen LogP contribution in [0.4, 0.5) is 10.5 Å². The van der Waals surface area contributed by atoms with E-state index in [2.05, 4.69) is 5.32 Å². The normalized spacial score (nSPS) is 22.4. The van der Waals surface area contributed by atoms with Crippen LogP contribution in [-0.2, 0) is 4.79 Å². The highest BCUT2D eigenvalue weighted by Crippen LogP contribution is 2.24. The lowest BCUT2D eigenvalue weighted by atomic mass is 9.91. The molecule has 2 atom stereocenters. The van der Waals surface area contributed by atoms with Crippen LogP contribution in [0, 0.1) is 12.8 Å². The van der Waals surface area contributed by atoms with Crippen LogP contribution in [0.3, 0.4) is 0 Å². The lowest BCUT2D eigenvalue weighted by Gasteiger charge is -2.37. The molecule has 2 unspecified atom stereocenters. The quantitative estimate of drug-likeness (QED) is 0.872. The Morgan fingerprint density at radius 3 is 2.80 bits per heavy atom. The van der Waals surface area contributed by atoms with Gasteiger partial charge in [0.2, 0.25) is 0 Å². The molecule has 108 valence electrons. The number of nitrogens with zero attached hydrogens (tertiary/aromatic N) is 1. The summed E-state index contributed by atoms with van der Waals surface area (Å²) in [4.78, 5) is 25.1. The first-order valence-electron chi connectivity index (χ1n) is 6.86. The molecule has 2 amide bonds. The van der Waals surface area contributed by atoms with E-state index in [-0.39, 0.29) is 11.9 Å². The Morgan fingerprint density at radius 2 is 2.15 bits per heavy atom. The van der Waals surface area contributed by atoms with Crippen LogP contribution in [0.2, 0.25) is 0 Å². The van der Waals surface area contributed by atoms with Gasteiger partial charge in [-0.25, -0.2) is 9.59 Å². The van der Waals surface area contributed by atoms with Gasteiger partial charge in [-0.2, -0.15) is 0 Å². The Balaban J connectivity index is 2.12. The number of hydrogen-bond acceptors (Lipinski definition) is 2. The maximum atomic E-state index is 12.3. The van der Waals surface area contributed by atoms with Gasteiger partial charge < -0.3 is 15.3 Å². The molecule has 1 heterocycles. The average molecular weight is 276 g/mol. The molecule has 2 rings (SSSR count). The third-order valence-electron chi connectivity index (χ3n) is 3.72. The molecule has 1 aromatic carbocycles. The van der Waals surface area contributed by atoms with Gasteiger partial charge in [0.05, 0.1) is 0 Å². The van der Waals surface area contributed by atoms with Gasteiger partial charge in [0.15, 0.2) is 0 Å². The van der Waals surface area contributed by atoms with Crippen LogP contribution in [0.5, 0.6) is 0 Å². The molecule has 1 saturated heterocycles. The highest BCUT2D eigenvalue weighted by atomic mass is 16.4. The summed E-state index contributed by atoms with van der Waals surface area (Å²) in [6.07, 6.45) is 1.68. The zero-order valence-electron chi connectivity index (χ0n) is 11.8. The van der Waals surface area contributed by atoms with Crippen LogP contribution in [0.1, 0.15) is 25.3 Å². The zero-order valence-corrected chi connectivity index (χ0v) is 11.8. The Kier molecular flexibility index (Phi) is 4.27. The van der Waals surface area contributed by atoms with Crippen molar-refractivity contribution in [3.05, 3.63) is 29.8 Å². The first-order valence-corrected chi connectivity index (χ1v) is 6.86. The monoisotopic (exact) mass is 276 g/mol. The van der Waals surface area contributed by atoms with Gasteiger partial charge in [-0.05, 0) is 43.4 Å². The second-order valence-electron chi connectivity index (χ2n) is 5.40. The van der Waals surface area contributed by atoms with E-state index in [4.69, 9.17) is 0 Å². The molecule has 1 aliphatic heterocycles. The first-order chi connectivity index (χ1) is 9.49. The number of carbonyl (C=O) groups is 2. The molecule has 0 spiro atoms. The zero-order chi connectivity index (χ0) is 14.7. The fraction of sp³-hybridized carbons (Fsp3) is 0.467. The first kappa shape index (κ1) is 14.4. The van der Waals surface area contributed by atoms with Crippen molar-refractivity contribution >= 4 is 17.7 Å². The lowest BCUT2D eigenvalue weighted by Crippen LogP contribution is -2.53. The van der Waals surface area contributed by atoms with Gasteiger partial charge in [-0.1, -0.05) is 19.1 Å². The van der Waals surface area contributed by atoms with Crippen molar-refractivity contribution in [2.24, 2.45) is 5.92 Å². The fourth-order valence-corrected chi connectivity index (χ4v) is 2.71. The van der Waals surface area contributed by atoms with Crippen molar-refractivity contribution in [3.8, 4) is 0 Å². The molecule has 0 radical (unpaired) electrons. The minimum Gasteiger partial charge on any atom is -0.480 e. The maximum Gasteiger partial charge on any atom is 0.326 e. The van der Waals surface area contributed by atoms with Gasteiger partial charge in [0.25, 0.3) is 0 Å². The molecular weight excluding hydrogens is 256 g/mol. The van der Waals surface area contributed by atoms with Crippen LogP contribution < -0.4 is 5.32 Å². The predicted octanol–water partition coefficient (Wildman–Crippen LogP) is 2.71. The fourth-order valence-electron chi connectivity index (χ4n) is 2.71. The van der Waals surface area contributed by atoms with E-state index in [0.29, 0.717) is 12.2 Å². The van der Waals surface area contributed by atoms with E-state index in [1.165, 1.54) is 4.90 Å². The Labute approximate surface area is 118 Å². The summed E-state index contributed by atoms with van der Waals surface area (Å²) in [5.74, 6) is -0.957. The van der Waals surface area contributed by atoms with Crippen LogP contribution in [0.15, 0.2) is 24.3 Å². The predicted molar refractivity (Wildman–Crippen MR) is 76.7 cm³/mol. The number of piperidine rings is 1. The van der Waals surface area contributed by atoms with Gasteiger partial charge in [0.1, 0.15) is 6.04 Å². The number of rotatable bonds is 2. The standard InChI is InChI=1S/C15H20N2O3/c1-10-5-3-7-12(9-10)16-15(20)17-8-4-6-11(2)13(17)14(18)19/h3,5,7,9,11,13H,4,6,8H2,1-2H3,(H,16,20)(H,18,19). The largest absolute Gasteiger partial charge is 0.480 e. The van der Waals surface area contributed by atoms with Gasteiger partial charge >= 0.3 is 12.0 Å². The van der Waals surface area contributed by atoms with Crippen molar-refractivity contribution in [3.63, 3.8) is 0 Å². The Hall–Kier alpha value is -2.04. The van der Waals surface area contributed by atoms with Crippen molar-refractivity contribution in [2.75, 3.05) is 11.9 Å². The number of amides is 2. The van der Waals surface area contributed by atoms with E-state index < -0.39 is 12.0 Å². The molecule has 0 saturated carbocycles. The number of carbonyl (C=O) groups excluding carboxylic acids is 1. The number of carboxylic acids is 1. The Morgan fingerprint density at radius 1 is 1.40 bits per heavy atom. The number of nitrogens with one attached hydrogen (secondary N) is 1. The molecule has 1 aliphatic rings. The molecule has 1 aromatic rings. The molecular formula is C15H20N2O3. The third-order valence-corrected chi connectivity index (χ3v) is 3.72. The summed E-state index contributed by atoms with van der Waals surface area (Å²) >= 11 is 0. The van der Waals surface area contributed by atoms with Gasteiger partial charge in [-0.15, -0.1) is 0 Å². The molecule has 1 fully saturated rings. The molecule has 0 aliphatic carbocycles. The van der Waals surface area contributed by atoms with Crippen molar-refractivity contribution in [1.29, 1.82) is 0 Å². The summed E-state index contributed by atoms with van der Waals surface area (Å²) < 4.78 is 0. The summed E-state index contributed by atoms with van der Waals surface area (Å²) in [5, 5.41) is 12.1. The van der Waals surface area contributed by atoms with Crippen LogP contribution in [0.25, 0.3) is 0 Å². The van der Waals surface area contributed by atoms with E-state index in [0.717, 1.165) is 18.4 Å². The highest BCUT2D eigenvalue weighted by Gasteiger charge is 2.37. The minimum absolute atomic E-state index is 0.0236. The smallest absolute Gasteiger partial charge is 0.326 e. The molecule has 5 heteroatoms. The van der Waals surface area contributed by atoms with Gasteiger partial charge in [0, 0.05) is 12.2 Å². The number of aryl methyl sites for hydroxylation is 1. The van der Waals surface area contributed by atoms with E-state index >= 15 is 0 Å². The molecule has 0 aromatic heterocycles. The summed E-state index contributed by atoms with van der Waals surface area (Å²) in [6.45, 7) is 4.31. The van der Waals surface area contributed by atoms with Crippen molar-refractivity contribution < 1.29 is 14.7 Å². The van der Waals surface area contributed by atoms with Crippen molar-refractivity contribution in [2.45, 2.75) is 32.7 Å². The number of urea groups is 1.